The van der Waals surface area contributed by atoms with Crippen LogP contribution in [0.5, 0.6) is 5.75 Å². The van der Waals surface area contributed by atoms with Gasteiger partial charge in [0.2, 0.25) is 5.91 Å². The van der Waals surface area contributed by atoms with Gasteiger partial charge in [-0.3, -0.25) is 4.79 Å². The molecule has 0 aliphatic carbocycles. The Balaban J connectivity index is 1.71. The zero-order valence-corrected chi connectivity index (χ0v) is 11.5. The molecule has 3 heteroatoms. The topological polar surface area (TPSA) is 29.5 Å². The Kier molecular flexibility index (Phi) is 5.73. The van der Waals surface area contributed by atoms with Gasteiger partial charge in [-0.2, -0.15) is 0 Å². The van der Waals surface area contributed by atoms with Gasteiger partial charge < -0.3 is 9.64 Å². The number of hydrogen-bond acceptors (Lipinski definition) is 2. The van der Waals surface area contributed by atoms with Crippen molar-refractivity contribution in [3.05, 3.63) is 30.3 Å². The van der Waals surface area contributed by atoms with Crippen LogP contribution in [0, 0.1) is 0 Å². The molecule has 1 aliphatic rings. The van der Waals surface area contributed by atoms with Crippen LogP contribution < -0.4 is 4.74 Å². The summed E-state index contributed by atoms with van der Waals surface area (Å²) in [5, 5.41) is 0. The Morgan fingerprint density at radius 3 is 2.32 bits per heavy atom. The van der Waals surface area contributed by atoms with E-state index in [4.69, 9.17) is 4.74 Å². The molecule has 1 aliphatic heterocycles. The van der Waals surface area contributed by atoms with Gasteiger partial charge >= 0.3 is 0 Å². The first-order valence-corrected chi connectivity index (χ1v) is 7.32. The molecule has 1 saturated heterocycles. The van der Waals surface area contributed by atoms with Crippen molar-refractivity contribution in [1.29, 1.82) is 0 Å². The zero-order valence-electron chi connectivity index (χ0n) is 11.5. The molecule has 0 spiro atoms. The quantitative estimate of drug-likeness (QED) is 0.832. The van der Waals surface area contributed by atoms with E-state index in [1.807, 2.05) is 35.2 Å². The predicted molar refractivity (Wildman–Crippen MR) is 76.2 cm³/mol. The van der Waals surface area contributed by atoms with Crippen LogP contribution in [-0.4, -0.2) is 30.5 Å². The minimum absolute atomic E-state index is 0.234. The lowest BCUT2D eigenvalue weighted by atomic mass is 10.1. The normalized spacial score (nSPS) is 16.5. The fraction of sp³-hybridized carbons (Fsp3) is 0.562. The van der Waals surface area contributed by atoms with E-state index in [9.17, 15) is 4.79 Å². The molecule has 0 saturated carbocycles. The van der Waals surface area contributed by atoms with Gasteiger partial charge in [-0.1, -0.05) is 37.5 Å². The van der Waals surface area contributed by atoms with E-state index in [0.29, 0.717) is 13.0 Å². The van der Waals surface area contributed by atoms with E-state index in [1.165, 1.54) is 19.3 Å². The van der Waals surface area contributed by atoms with E-state index in [1.54, 1.807) is 0 Å². The zero-order chi connectivity index (χ0) is 13.3. The van der Waals surface area contributed by atoms with E-state index in [2.05, 4.69) is 0 Å². The summed E-state index contributed by atoms with van der Waals surface area (Å²) >= 11 is 0. The second kappa shape index (κ2) is 7.82. The number of amides is 1. The summed E-state index contributed by atoms with van der Waals surface area (Å²) < 4.78 is 5.58. The molecule has 1 amide bonds. The lowest BCUT2D eigenvalue weighted by Gasteiger charge is -2.24. The van der Waals surface area contributed by atoms with Crippen molar-refractivity contribution in [1.82, 2.24) is 4.90 Å². The maximum atomic E-state index is 12.1. The Morgan fingerprint density at radius 2 is 1.63 bits per heavy atom. The van der Waals surface area contributed by atoms with Crippen molar-refractivity contribution in [3.63, 3.8) is 0 Å². The van der Waals surface area contributed by atoms with Crippen LogP contribution in [0.25, 0.3) is 0 Å². The van der Waals surface area contributed by atoms with Crippen LogP contribution in [0.4, 0.5) is 0 Å². The molecule has 1 aromatic rings. The molecule has 0 atom stereocenters. The van der Waals surface area contributed by atoms with Gasteiger partial charge in [0.1, 0.15) is 5.75 Å². The molecule has 2 rings (SSSR count). The van der Waals surface area contributed by atoms with Gasteiger partial charge in [-0.25, -0.2) is 0 Å². The van der Waals surface area contributed by atoms with Gasteiger partial charge in [0.15, 0.2) is 0 Å². The molecule has 3 nitrogen and oxygen atoms in total. The summed E-state index contributed by atoms with van der Waals surface area (Å²) in [5.74, 6) is 1.07. The van der Waals surface area contributed by atoms with Crippen molar-refractivity contribution in [2.24, 2.45) is 0 Å². The van der Waals surface area contributed by atoms with Crippen LogP contribution >= 0.6 is 0 Å². The molecule has 1 fully saturated rings. The lowest BCUT2D eigenvalue weighted by molar-refractivity contribution is -0.132. The molecule has 0 bridgehead atoms. The van der Waals surface area contributed by atoms with Gasteiger partial charge in [0.05, 0.1) is 13.0 Å². The van der Waals surface area contributed by atoms with Crippen molar-refractivity contribution < 1.29 is 9.53 Å². The highest BCUT2D eigenvalue weighted by atomic mass is 16.5. The minimum Gasteiger partial charge on any atom is -0.493 e. The maximum Gasteiger partial charge on any atom is 0.225 e. The maximum absolute atomic E-state index is 12.1. The highest BCUT2D eigenvalue weighted by Gasteiger charge is 2.14. The third kappa shape index (κ3) is 4.93. The molecule has 0 unspecified atom stereocenters. The number of hydrogen-bond donors (Lipinski definition) is 0. The number of carbonyl (C=O) groups excluding carboxylic acids is 1. The van der Waals surface area contributed by atoms with Gasteiger partial charge in [0, 0.05) is 13.1 Å². The van der Waals surface area contributed by atoms with E-state index >= 15 is 0 Å². The SMILES string of the molecule is O=C(CCOc1ccccc1)N1CCCCCCC1. The molecule has 19 heavy (non-hydrogen) atoms. The van der Waals surface area contributed by atoms with Crippen LogP contribution in [0.3, 0.4) is 0 Å². The van der Waals surface area contributed by atoms with Crippen molar-refractivity contribution >= 4 is 5.91 Å². The molecular formula is C16H23NO2. The number of para-hydroxylation sites is 1. The number of rotatable bonds is 4. The smallest absolute Gasteiger partial charge is 0.225 e. The second-order valence-electron chi connectivity index (χ2n) is 5.06. The van der Waals surface area contributed by atoms with Crippen molar-refractivity contribution in [2.45, 2.75) is 38.5 Å². The average molecular weight is 261 g/mol. The minimum atomic E-state index is 0.234. The monoisotopic (exact) mass is 261 g/mol. The van der Waals surface area contributed by atoms with Crippen LogP contribution in [0.1, 0.15) is 38.5 Å². The largest absolute Gasteiger partial charge is 0.493 e. The summed E-state index contributed by atoms with van der Waals surface area (Å²) in [7, 11) is 0. The molecule has 0 aromatic heterocycles. The first-order chi connectivity index (χ1) is 9.36. The summed E-state index contributed by atoms with van der Waals surface area (Å²) in [6.45, 7) is 2.31. The highest BCUT2D eigenvalue weighted by Crippen LogP contribution is 2.12. The van der Waals surface area contributed by atoms with Crippen molar-refractivity contribution in [3.8, 4) is 5.75 Å². The average Bonchev–Trinajstić information content (AvgIpc) is 2.39. The third-order valence-corrected chi connectivity index (χ3v) is 3.54. The Morgan fingerprint density at radius 1 is 1.00 bits per heavy atom. The number of carbonyl (C=O) groups is 1. The third-order valence-electron chi connectivity index (χ3n) is 3.54. The summed E-state index contributed by atoms with van der Waals surface area (Å²) in [6, 6.07) is 9.67. The van der Waals surface area contributed by atoms with Gasteiger partial charge in [-0.15, -0.1) is 0 Å². The van der Waals surface area contributed by atoms with E-state index < -0.39 is 0 Å². The predicted octanol–water partition coefficient (Wildman–Crippen LogP) is 3.25. The van der Waals surface area contributed by atoms with Crippen LogP contribution in [0.2, 0.25) is 0 Å². The molecule has 0 N–H and O–H groups in total. The summed E-state index contributed by atoms with van der Waals surface area (Å²) in [6.07, 6.45) is 6.60. The molecular weight excluding hydrogens is 238 g/mol. The van der Waals surface area contributed by atoms with Gasteiger partial charge in [-0.05, 0) is 25.0 Å². The van der Waals surface area contributed by atoms with Crippen LogP contribution in [0.15, 0.2) is 30.3 Å². The first-order valence-electron chi connectivity index (χ1n) is 7.32. The van der Waals surface area contributed by atoms with E-state index in [-0.39, 0.29) is 5.91 Å². The number of likely N-dealkylation sites (tertiary alicyclic amines) is 1. The molecule has 1 aromatic carbocycles. The summed E-state index contributed by atoms with van der Waals surface area (Å²) in [5.41, 5.74) is 0. The van der Waals surface area contributed by atoms with Gasteiger partial charge in [0.25, 0.3) is 0 Å². The number of ether oxygens (including phenoxy) is 1. The Bertz CT molecular complexity index is 370. The molecule has 0 radical (unpaired) electrons. The molecule has 104 valence electrons. The Labute approximate surface area is 115 Å². The second-order valence-corrected chi connectivity index (χ2v) is 5.06. The fourth-order valence-electron chi connectivity index (χ4n) is 2.43. The van der Waals surface area contributed by atoms with E-state index in [0.717, 1.165) is 31.7 Å². The fourth-order valence-corrected chi connectivity index (χ4v) is 2.43. The lowest BCUT2D eigenvalue weighted by Crippen LogP contribution is -2.34. The first kappa shape index (κ1) is 13.9. The summed E-state index contributed by atoms with van der Waals surface area (Å²) in [4.78, 5) is 14.1. The number of nitrogens with zero attached hydrogens (tertiary/aromatic N) is 1. The Hall–Kier alpha value is -1.51. The van der Waals surface area contributed by atoms with Crippen LogP contribution in [-0.2, 0) is 4.79 Å². The number of benzene rings is 1. The standard InChI is InChI=1S/C16H23NO2/c18-16(17-12-7-2-1-3-8-13-17)11-14-19-15-9-5-4-6-10-15/h4-6,9-10H,1-3,7-8,11-14H2. The van der Waals surface area contributed by atoms with Crippen molar-refractivity contribution in [2.75, 3.05) is 19.7 Å². The molecule has 1 heterocycles. The highest BCUT2D eigenvalue weighted by molar-refractivity contribution is 5.76.